The van der Waals surface area contributed by atoms with Crippen LogP contribution in [0.2, 0.25) is 0 Å². The van der Waals surface area contributed by atoms with Gasteiger partial charge in [-0.3, -0.25) is 0 Å². The largest absolute Gasteiger partial charge is 0.359 e. The monoisotopic (exact) mass is 382 g/mol. The Hall–Kier alpha value is -2.15. The van der Waals surface area contributed by atoms with Gasteiger partial charge in [0, 0.05) is 18.8 Å². The highest BCUT2D eigenvalue weighted by atomic mass is 32.2. The Balaban J connectivity index is 1.52. The van der Waals surface area contributed by atoms with Gasteiger partial charge in [-0.2, -0.15) is 4.31 Å². The number of fused-ring (bicyclic) bond motifs is 1. The number of nitrogens with zero attached hydrogens (tertiary/aromatic N) is 1. The van der Waals surface area contributed by atoms with Gasteiger partial charge in [0.05, 0.1) is 16.9 Å². The second-order valence-corrected chi connectivity index (χ2v) is 9.45. The molecular weight excluding hydrogens is 360 g/mol. The molecule has 5 nitrogen and oxygen atoms in total. The third kappa shape index (κ3) is 2.40. The number of ether oxygens (including phenoxy) is 1. The highest BCUT2D eigenvalue weighted by Crippen LogP contribution is 2.53. The smallest absolute Gasteiger partial charge is 0.243 e. The maximum Gasteiger partial charge on any atom is 0.243 e. The molecule has 0 amide bonds. The maximum absolute atomic E-state index is 13.2. The zero-order chi connectivity index (χ0) is 18.6. The molecule has 3 aliphatic rings. The molecule has 3 aliphatic heterocycles. The Bertz CT molecular complexity index is 1030. The van der Waals surface area contributed by atoms with Crippen molar-refractivity contribution in [2.24, 2.45) is 0 Å². The number of hydrogen-bond donors (Lipinski definition) is 1. The second-order valence-electron chi connectivity index (χ2n) is 7.51. The van der Waals surface area contributed by atoms with Gasteiger partial charge in [-0.05, 0) is 42.7 Å². The van der Waals surface area contributed by atoms with E-state index in [0.717, 1.165) is 11.3 Å². The van der Waals surface area contributed by atoms with Gasteiger partial charge in [0.25, 0.3) is 0 Å². The molecule has 2 aromatic rings. The fourth-order valence-corrected chi connectivity index (χ4v) is 5.96. The molecule has 2 atom stereocenters. The van der Waals surface area contributed by atoms with Crippen LogP contribution >= 0.6 is 0 Å². The number of hydrogen-bond acceptors (Lipinski definition) is 4. The van der Waals surface area contributed by atoms with Crippen LogP contribution in [-0.2, 0) is 20.2 Å². The van der Waals surface area contributed by atoms with Crippen LogP contribution in [0, 0.1) is 6.92 Å². The van der Waals surface area contributed by atoms with E-state index in [1.165, 1.54) is 11.1 Å². The van der Waals surface area contributed by atoms with Crippen LogP contribution in [0.1, 0.15) is 17.5 Å². The summed E-state index contributed by atoms with van der Waals surface area (Å²) >= 11 is 0. The van der Waals surface area contributed by atoms with E-state index in [1.807, 2.05) is 31.2 Å². The summed E-state index contributed by atoms with van der Waals surface area (Å²) in [5.74, 6) is 0. The van der Waals surface area contributed by atoms with E-state index in [0.29, 0.717) is 31.0 Å². The molecule has 6 heteroatoms. The first kappa shape index (κ1) is 17.0. The summed E-state index contributed by atoms with van der Waals surface area (Å²) in [4.78, 5) is 0.355. The van der Waals surface area contributed by atoms with Crippen LogP contribution in [0.15, 0.2) is 65.1 Å². The van der Waals surface area contributed by atoms with Gasteiger partial charge >= 0.3 is 0 Å². The molecule has 0 saturated carbocycles. The van der Waals surface area contributed by atoms with E-state index in [2.05, 4.69) is 23.5 Å². The van der Waals surface area contributed by atoms with Crippen molar-refractivity contribution in [1.29, 1.82) is 0 Å². The summed E-state index contributed by atoms with van der Waals surface area (Å²) in [5.41, 5.74) is 4.27. The number of anilines is 1. The Morgan fingerprint density at radius 1 is 1.15 bits per heavy atom. The van der Waals surface area contributed by atoms with Crippen molar-refractivity contribution >= 4 is 15.7 Å². The van der Waals surface area contributed by atoms with E-state index in [9.17, 15) is 8.42 Å². The van der Waals surface area contributed by atoms with E-state index in [4.69, 9.17) is 4.74 Å². The molecule has 1 fully saturated rings. The molecule has 27 heavy (non-hydrogen) atoms. The molecule has 0 aliphatic carbocycles. The summed E-state index contributed by atoms with van der Waals surface area (Å²) in [7, 11) is -3.52. The van der Waals surface area contributed by atoms with Crippen molar-refractivity contribution in [1.82, 2.24) is 4.31 Å². The van der Waals surface area contributed by atoms with Crippen LogP contribution in [0.4, 0.5) is 5.69 Å². The molecule has 140 valence electrons. The number of sulfonamides is 1. The van der Waals surface area contributed by atoms with E-state index >= 15 is 0 Å². The predicted molar refractivity (Wildman–Crippen MR) is 104 cm³/mol. The summed E-state index contributed by atoms with van der Waals surface area (Å²) in [6.45, 7) is 3.35. The van der Waals surface area contributed by atoms with Crippen LogP contribution in [0.25, 0.3) is 0 Å². The predicted octanol–water partition coefficient (Wildman–Crippen LogP) is 3.04. The Morgan fingerprint density at radius 3 is 2.74 bits per heavy atom. The lowest BCUT2D eigenvalue weighted by Gasteiger charge is -2.29. The number of aryl methyl sites for hydroxylation is 1. The minimum absolute atomic E-state index is 0.122. The SMILES string of the molecule is Cc1ccc(S(=O)(=O)N2CC=C3CO[C@@H]4Nc5ccccc5[C@]34CC2)cc1. The first-order valence-corrected chi connectivity index (χ1v) is 10.7. The molecule has 0 radical (unpaired) electrons. The van der Waals surface area contributed by atoms with Gasteiger partial charge in [0.1, 0.15) is 6.23 Å². The molecule has 1 N–H and O–H groups in total. The zero-order valence-electron chi connectivity index (χ0n) is 15.2. The first-order valence-electron chi connectivity index (χ1n) is 9.26. The van der Waals surface area contributed by atoms with Crippen molar-refractivity contribution in [3.63, 3.8) is 0 Å². The van der Waals surface area contributed by atoms with Crippen LogP contribution in [-0.4, -0.2) is 38.6 Å². The van der Waals surface area contributed by atoms with Gasteiger partial charge in [-0.15, -0.1) is 0 Å². The lowest BCUT2D eigenvalue weighted by Crippen LogP contribution is -2.39. The molecule has 1 spiro atoms. The van der Waals surface area contributed by atoms with Gasteiger partial charge in [-0.25, -0.2) is 8.42 Å². The zero-order valence-corrected chi connectivity index (χ0v) is 16.0. The summed E-state index contributed by atoms with van der Waals surface area (Å²) < 4.78 is 33.9. The van der Waals surface area contributed by atoms with E-state index in [-0.39, 0.29) is 11.6 Å². The summed E-state index contributed by atoms with van der Waals surface area (Å²) in [6.07, 6.45) is 2.64. The molecule has 1 saturated heterocycles. The molecule has 2 aromatic carbocycles. The average molecular weight is 382 g/mol. The van der Waals surface area contributed by atoms with Crippen LogP contribution < -0.4 is 5.32 Å². The topological polar surface area (TPSA) is 58.6 Å². The first-order chi connectivity index (χ1) is 13.0. The number of para-hydroxylation sites is 1. The van der Waals surface area contributed by atoms with Crippen molar-refractivity contribution in [3.05, 3.63) is 71.3 Å². The highest BCUT2D eigenvalue weighted by Gasteiger charge is 2.55. The number of rotatable bonds is 2. The van der Waals surface area contributed by atoms with Crippen LogP contribution in [0.3, 0.4) is 0 Å². The average Bonchev–Trinajstić information content (AvgIpc) is 3.08. The van der Waals surface area contributed by atoms with Crippen molar-refractivity contribution in [2.75, 3.05) is 25.0 Å². The van der Waals surface area contributed by atoms with Gasteiger partial charge < -0.3 is 10.1 Å². The fourth-order valence-electron chi connectivity index (χ4n) is 4.58. The van der Waals surface area contributed by atoms with Crippen molar-refractivity contribution in [3.8, 4) is 0 Å². The fraction of sp³-hybridized carbons (Fsp3) is 0.333. The maximum atomic E-state index is 13.2. The van der Waals surface area contributed by atoms with Gasteiger partial charge in [0.2, 0.25) is 10.0 Å². The number of nitrogens with one attached hydrogen (secondary N) is 1. The molecule has 3 heterocycles. The lowest BCUT2D eigenvalue weighted by atomic mass is 9.73. The molecular formula is C21H22N2O3S. The standard InChI is InChI=1S/C21H22N2O3S/c1-15-6-8-17(9-7-15)27(24,25)23-12-10-16-14-26-20-21(16,11-13-23)18-4-2-3-5-19(18)22-20/h2-10,20,22H,11-14H2,1H3/t20-,21-/m0/s1. The summed E-state index contributed by atoms with van der Waals surface area (Å²) in [6, 6.07) is 15.3. The van der Waals surface area contributed by atoms with E-state index in [1.54, 1.807) is 16.4 Å². The molecule has 0 bridgehead atoms. The molecule has 0 aromatic heterocycles. The Kier molecular flexibility index (Phi) is 3.73. The quantitative estimate of drug-likeness (QED) is 0.811. The normalized spacial score (nSPS) is 27.1. The van der Waals surface area contributed by atoms with Gasteiger partial charge in [-0.1, -0.05) is 42.0 Å². The lowest BCUT2D eigenvalue weighted by molar-refractivity contribution is 0.103. The molecule has 0 unspecified atom stereocenters. The Labute approximate surface area is 159 Å². The molecule has 5 rings (SSSR count). The minimum atomic E-state index is -3.52. The van der Waals surface area contributed by atoms with Crippen molar-refractivity contribution < 1.29 is 13.2 Å². The van der Waals surface area contributed by atoms with Crippen molar-refractivity contribution in [2.45, 2.75) is 29.9 Å². The minimum Gasteiger partial charge on any atom is -0.359 e. The highest BCUT2D eigenvalue weighted by molar-refractivity contribution is 7.89. The summed E-state index contributed by atoms with van der Waals surface area (Å²) in [5, 5.41) is 3.47. The Morgan fingerprint density at radius 2 is 1.93 bits per heavy atom. The van der Waals surface area contributed by atoms with Gasteiger partial charge in [0.15, 0.2) is 0 Å². The van der Waals surface area contributed by atoms with E-state index < -0.39 is 10.0 Å². The third-order valence-electron chi connectivity index (χ3n) is 6.08. The van der Waals surface area contributed by atoms with Crippen LogP contribution in [0.5, 0.6) is 0 Å². The second kappa shape index (κ2) is 5.92. The number of benzene rings is 2. The third-order valence-corrected chi connectivity index (χ3v) is 7.96.